The molecule has 3 aliphatic rings. The average Bonchev–Trinajstić information content (AvgIpc) is 3.55. The van der Waals surface area contributed by atoms with Crippen LogP contribution < -0.4 is 4.90 Å². The van der Waals surface area contributed by atoms with Gasteiger partial charge in [-0.3, -0.25) is 9.59 Å². The van der Waals surface area contributed by atoms with E-state index in [0.29, 0.717) is 48.2 Å². The fourth-order valence-corrected chi connectivity index (χ4v) is 6.58. The molecule has 2 aromatic carbocycles. The predicted molar refractivity (Wildman–Crippen MR) is 159 cm³/mol. The van der Waals surface area contributed by atoms with Crippen LogP contribution in [0, 0.1) is 11.7 Å². The summed E-state index contributed by atoms with van der Waals surface area (Å²) >= 11 is 0. The number of aromatic nitrogens is 3. The first kappa shape index (κ1) is 26.6. The van der Waals surface area contributed by atoms with Crippen LogP contribution in [-0.2, 0) is 11.2 Å². The highest BCUT2D eigenvalue weighted by atomic mass is 19.1. The molecular weight excluding hydrogens is 531 g/mol. The van der Waals surface area contributed by atoms with Crippen LogP contribution in [0.15, 0.2) is 54.6 Å². The molecule has 9 heteroatoms. The SMILES string of the molecule is C[C@@H]1c2ccccc2CCN1C(=O)c1cc(C2CC2)n2nc(-c3ccc(N4CC[C@H](C(=O)N(C)C)C4)cc3F)cc2n1. The van der Waals surface area contributed by atoms with Crippen molar-refractivity contribution in [2.24, 2.45) is 5.92 Å². The number of benzene rings is 2. The summed E-state index contributed by atoms with van der Waals surface area (Å²) in [6.07, 6.45) is 3.64. The topological polar surface area (TPSA) is 74.1 Å². The lowest BCUT2D eigenvalue weighted by Crippen LogP contribution is -2.39. The molecule has 4 aromatic rings. The fourth-order valence-electron chi connectivity index (χ4n) is 6.58. The minimum atomic E-state index is -0.372. The van der Waals surface area contributed by atoms with E-state index in [2.05, 4.69) is 24.0 Å². The number of amides is 2. The quantitative estimate of drug-likeness (QED) is 0.337. The number of halogens is 1. The first-order valence-corrected chi connectivity index (χ1v) is 14.8. The Morgan fingerprint density at radius 1 is 1.00 bits per heavy atom. The minimum Gasteiger partial charge on any atom is -0.371 e. The van der Waals surface area contributed by atoms with Crippen molar-refractivity contribution in [1.82, 2.24) is 24.4 Å². The van der Waals surface area contributed by atoms with E-state index in [1.54, 1.807) is 35.6 Å². The number of hydrogen-bond donors (Lipinski definition) is 0. The molecule has 1 aliphatic carbocycles. The fraction of sp³-hybridized carbons (Fsp3) is 0.394. The van der Waals surface area contributed by atoms with E-state index in [4.69, 9.17) is 10.1 Å². The summed E-state index contributed by atoms with van der Waals surface area (Å²) in [5.41, 5.74) is 6.02. The minimum absolute atomic E-state index is 0.0372. The van der Waals surface area contributed by atoms with E-state index in [9.17, 15) is 9.59 Å². The van der Waals surface area contributed by atoms with Crippen molar-refractivity contribution in [2.75, 3.05) is 38.6 Å². The Bertz CT molecular complexity index is 1710. The number of fused-ring (bicyclic) bond motifs is 2. The number of anilines is 1. The number of hydrogen-bond acceptors (Lipinski definition) is 5. The van der Waals surface area contributed by atoms with Gasteiger partial charge in [0.25, 0.3) is 5.91 Å². The van der Waals surface area contributed by atoms with E-state index in [-0.39, 0.29) is 29.6 Å². The summed E-state index contributed by atoms with van der Waals surface area (Å²) in [6.45, 7) is 4.01. The summed E-state index contributed by atoms with van der Waals surface area (Å²) < 4.78 is 17.3. The molecule has 42 heavy (non-hydrogen) atoms. The standard InChI is InChI=1S/C33H35FN6O2/c1-20-25-7-5-4-6-21(25)13-15-39(20)33(42)29-17-30(22-8-9-22)40-31(35-29)18-28(36-40)26-11-10-24(16-27(26)34)38-14-12-23(19-38)32(41)37(2)3/h4-7,10-11,16-18,20,22-23H,8-9,12-15,19H2,1-3H3/t20-,23+/m1/s1. The Labute approximate surface area is 244 Å². The van der Waals surface area contributed by atoms with Crippen molar-refractivity contribution in [3.05, 3.63) is 82.9 Å². The van der Waals surface area contributed by atoms with E-state index in [1.807, 2.05) is 29.2 Å². The van der Waals surface area contributed by atoms with Gasteiger partial charge in [-0.25, -0.2) is 13.9 Å². The van der Waals surface area contributed by atoms with Gasteiger partial charge in [0.2, 0.25) is 5.91 Å². The molecule has 2 fully saturated rings. The molecule has 1 saturated carbocycles. The molecule has 4 heterocycles. The molecule has 0 radical (unpaired) electrons. The summed E-state index contributed by atoms with van der Waals surface area (Å²) in [5.74, 6) is -0.113. The molecule has 0 N–H and O–H groups in total. The van der Waals surface area contributed by atoms with Crippen LogP contribution in [0.1, 0.15) is 65.5 Å². The van der Waals surface area contributed by atoms with Crippen molar-refractivity contribution >= 4 is 23.1 Å². The highest BCUT2D eigenvalue weighted by Crippen LogP contribution is 2.41. The zero-order chi connectivity index (χ0) is 29.1. The molecule has 2 amide bonds. The van der Waals surface area contributed by atoms with E-state index in [0.717, 1.165) is 37.1 Å². The maximum atomic E-state index is 15.6. The predicted octanol–water partition coefficient (Wildman–Crippen LogP) is 5.09. The zero-order valence-electron chi connectivity index (χ0n) is 24.3. The highest BCUT2D eigenvalue weighted by Gasteiger charge is 2.33. The molecule has 7 rings (SSSR count). The highest BCUT2D eigenvalue weighted by molar-refractivity contribution is 5.93. The van der Waals surface area contributed by atoms with Crippen molar-refractivity contribution in [3.63, 3.8) is 0 Å². The van der Waals surface area contributed by atoms with Crippen molar-refractivity contribution in [2.45, 2.75) is 44.6 Å². The Hall–Kier alpha value is -4.27. The third-order valence-corrected chi connectivity index (χ3v) is 9.10. The lowest BCUT2D eigenvalue weighted by Gasteiger charge is -2.35. The van der Waals surface area contributed by atoms with Gasteiger partial charge in [-0.05, 0) is 68.0 Å². The molecule has 8 nitrogen and oxygen atoms in total. The number of rotatable bonds is 5. The zero-order valence-corrected chi connectivity index (χ0v) is 24.3. The summed E-state index contributed by atoms with van der Waals surface area (Å²) in [7, 11) is 3.54. The van der Waals surface area contributed by atoms with E-state index < -0.39 is 0 Å². The number of nitrogens with zero attached hydrogens (tertiary/aromatic N) is 6. The van der Waals surface area contributed by atoms with Crippen molar-refractivity contribution in [1.29, 1.82) is 0 Å². The summed E-state index contributed by atoms with van der Waals surface area (Å²) in [6, 6.07) is 17.1. The monoisotopic (exact) mass is 566 g/mol. The molecule has 2 aliphatic heterocycles. The Balaban J connectivity index is 1.18. The molecule has 2 aromatic heterocycles. The van der Waals surface area contributed by atoms with Crippen molar-refractivity contribution < 1.29 is 14.0 Å². The van der Waals surface area contributed by atoms with E-state index in [1.165, 1.54) is 17.2 Å². The van der Waals surface area contributed by atoms with Gasteiger partial charge in [-0.1, -0.05) is 24.3 Å². The number of carbonyl (C=O) groups excluding carboxylic acids is 2. The second kappa shape index (κ2) is 10.2. The first-order chi connectivity index (χ1) is 20.3. The Morgan fingerprint density at radius 2 is 1.81 bits per heavy atom. The first-order valence-electron chi connectivity index (χ1n) is 14.8. The maximum absolute atomic E-state index is 15.6. The van der Waals surface area contributed by atoms with Crippen LogP contribution in [0.5, 0.6) is 0 Å². The van der Waals surface area contributed by atoms with Crippen LogP contribution in [0.2, 0.25) is 0 Å². The lowest BCUT2D eigenvalue weighted by molar-refractivity contribution is -0.132. The Morgan fingerprint density at radius 3 is 2.57 bits per heavy atom. The third-order valence-electron chi connectivity index (χ3n) is 9.10. The van der Waals surface area contributed by atoms with Crippen LogP contribution in [0.3, 0.4) is 0 Å². The van der Waals surface area contributed by atoms with Crippen LogP contribution in [-0.4, -0.2) is 69.9 Å². The molecule has 0 spiro atoms. The van der Waals surface area contributed by atoms with Crippen LogP contribution in [0.4, 0.5) is 10.1 Å². The molecular formula is C33H35FN6O2. The summed E-state index contributed by atoms with van der Waals surface area (Å²) in [5, 5.41) is 4.77. The molecule has 2 atom stereocenters. The van der Waals surface area contributed by atoms with Gasteiger partial charge in [0, 0.05) is 62.7 Å². The molecule has 1 saturated heterocycles. The van der Waals surface area contributed by atoms with Gasteiger partial charge in [0.05, 0.1) is 17.7 Å². The second-order valence-corrected chi connectivity index (χ2v) is 12.1. The molecule has 216 valence electrons. The molecule has 0 unspecified atom stereocenters. The van der Waals surface area contributed by atoms with Gasteiger partial charge in [-0.2, -0.15) is 5.10 Å². The maximum Gasteiger partial charge on any atom is 0.273 e. The summed E-state index contributed by atoms with van der Waals surface area (Å²) in [4.78, 5) is 36.5. The lowest BCUT2D eigenvalue weighted by atomic mass is 9.93. The Kier molecular flexibility index (Phi) is 6.48. The van der Waals surface area contributed by atoms with Crippen molar-refractivity contribution in [3.8, 4) is 11.3 Å². The second-order valence-electron chi connectivity index (χ2n) is 12.1. The van der Waals surface area contributed by atoms with Crippen LogP contribution in [0.25, 0.3) is 16.9 Å². The van der Waals surface area contributed by atoms with E-state index >= 15 is 4.39 Å². The molecule has 0 bridgehead atoms. The van der Waals surface area contributed by atoms with Gasteiger partial charge in [0.15, 0.2) is 5.65 Å². The van der Waals surface area contributed by atoms with Gasteiger partial charge in [-0.15, -0.1) is 0 Å². The van der Waals surface area contributed by atoms with Crippen LogP contribution >= 0.6 is 0 Å². The van der Waals surface area contributed by atoms with Gasteiger partial charge >= 0.3 is 0 Å². The normalized spacial score (nSPS) is 20.2. The largest absolute Gasteiger partial charge is 0.371 e. The third kappa shape index (κ3) is 4.61. The van der Waals surface area contributed by atoms with Gasteiger partial charge in [0.1, 0.15) is 11.5 Å². The number of carbonyl (C=O) groups is 2. The average molecular weight is 567 g/mol. The smallest absolute Gasteiger partial charge is 0.273 e. The van der Waals surface area contributed by atoms with Gasteiger partial charge < -0.3 is 14.7 Å².